The quantitative estimate of drug-likeness (QED) is 0.320. The molecule has 2 aromatic carbocycles. The summed E-state index contributed by atoms with van der Waals surface area (Å²) in [5, 5.41) is 11.0. The average Bonchev–Trinajstić information content (AvgIpc) is 2.99. The highest BCUT2D eigenvalue weighted by atomic mass is 16.5. The molecule has 29 heavy (non-hydrogen) atoms. The molecule has 0 saturated carbocycles. The van der Waals surface area contributed by atoms with E-state index in [0.29, 0.717) is 37.5 Å². The number of likely N-dealkylation sites (tertiary alicyclic amines) is 1. The van der Waals surface area contributed by atoms with E-state index in [2.05, 4.69) is 0 Å². The first kappa shape index (κ1) is 20.6. The maximum atomic E-state index is 12.9. The van der Waals surface area contributed by atoms with Crippen LogP contribution in [0.2, 0.25) is 0 Å². The zero-order chi connectivity index (χ0) is 20.8. The molecule has 1 fully saturated rings. The third-order valence-corrected chi connectivity index (χ3v) is 4.82. The van der Waals surface area contributed by atoms with E-state index >= 15 is 0 Å². The minimum atomic E-state index is -0.685. The summed E-state index contributed by atoms with van der Waals surface area (Å²) in [7, 11) is 1.59. The van der Waals surface area contributed by atoms with Crippen molar-refractivity contribution in [1.29, 1.82) is 0 Å². The van der Waals surface area contributed by atoms with Gasteiger partial charge in [0.15, 0.2) is 0 Å². The van der Waals surface area contributed by atoms with Gasteiger partial charge < -0.3 is 19.5 Å². The Morgan fingerprint density at radius 3 is 2.55 bits per heavy atom. The highest BCUT2D eigenvalue weighted by Gasteiger charge is 2.45. The molecule has 6 heteroatoms. The number of amides is 1. The lowest BCUT2D eigenvalue weighted by Crippen LogP contribution is -2.31. The summed E-state index contributed by atoms with van der Waals surface area (Å²) >= 11 is 0. The van der Waals surface area contributed by atoms with E-state index in [0.717, 1.165) is 5.56 Å². The molecule has 0 radical (unpaired) electrons. The van der Waals surface area contributed by atoms with Crippen LogP contribution < -0.4 is 4.74 Å². The van der Waals surface area contributed by atoms with Crippen LogP contribution in [0.25, 0.3) is 5.76 Å². The number of hydrogen-bond donors (Lipinski definition) is 1. The van der Waals surface area contributed by atoms with Crippen LogP contribution in [-0.2, 0) is 14.3 Å². The van der Waals surface area contributed by atoms with E-state index in [1.54, 1.807) is 31.4 Å². The van der Waals surface area contributed by atoms with Crippen LogP contribution in [-0.4, -0.2) is 48.6 Å². The maximum Gasteiger partial charge on any atom is 0.295 e. The van der Waals surface area contributed by atoms with Crippen molar-refractivity contribution in [3.63, 3.8) is 0 Å². The molecule has 1 atom stereocenters. The van der Waals surface area contributed by atoms with Crippen molar-refractivity contribution in [2.75, 3.05) is 26.9 Å². The third-order valence-electron chi connectivity index (χ3n) is 4.82. The average molecular weight is 395 g/mol. The van der Waals surface area contributed by atoms with E-state index < -0.39 is 17.7 Å². The molecule has 1 aliphatic heterocycles. The van der Waals surface area contributed by atoms with E-state index in [-0.39, 0.29) is 11.3 Å². The molecule has 1 amide bonds. The number of carbonyl (C=O) groups is 2. The van der Waals surface area contributed by atoms with Crippen molar-refractivity contribution < 1.29 is 24.2 Å². The molecule has 1 heterocycles. The lowest BCUT2D eigenvalue weighted by Gasteiger charge is -2.25. The van der Waals surface area contributed by atoms with E-state index in [4.69, 9.17) is 9.47 Å². The smallest absolute Gasteiger partial charge is 0.295 e. The molecule has 6 nitrogen and oxygen atoms in total. The molecule has 0 spiro atoms. The highest BCUT2D eigenvalue weighted by molar-refractivity contribution is 6.46. The third kappa shape index (κ3) is 4.32. The zero-order valence-electron chi connectivity index (χ0n) is 16.6. The topological polar surface area (TPSA) is 76.1 Å². The lowest BCUT2D eigenvalue weighted by molar-refractivity contribution is -0.140. The maximum absolute atomic E-state index is 12.9. The number of aliphatic hydroxyl groups excluding tert-OH is 1. The van der Waals surface area contributed by atoms with Crippen LogP contribution in [0.15, 0.2) is 60.2 Å². The number of benzene rings is 2. The van der Waals surface area contributed by atoms with Crippen LogP contribution in [0.5, 0.6) is 5.75 Å². The molecule has 1 N–H and O–H groups in total. The van der Waals surface area contributed by atoms with Crippen LogP contribution >= 0.6 is 0 Å². The number of ether oxygens (including phenoxy) is 2. The summed E-state index contributed by atoms with van der Waals surface area (Å²) < 4.78 is 10.6. The highest BCUT2D eigenvalue weighted by Crippen LogP contribution is 2.39. The number of Topliss-reactive ketones (excluding diaryl/α,β-unsaturated/α-hetero) is 1. The second-order valence-electron chi connectivity index (χ2n) is 6.71. The number of rotatable bonds is 8. The Morgan fingerprint density at radius 1 is 1.10 bits per heavy atom. The molecular weight excluding hydrogens is 370 g/mol. The number of carbonyl (C=O) groups excluding carboxylic acids is 2. The minimum absolute atomic E-state index is 0.0901. The SMILES string of the molecule is CCOc1cccc(C(O)=C2C(=O)C(=O)N(CCCOC)C2c2ccccc2)c1. The van der Waals surface area contributed by atoms with Crippen molar-refractivity contribution in [2.24, 2.45) is 0 Å². The number of methoxy groups -OCH3 is 1. The van der Waals surface area contributed by atoms with Gasteiger partial charge in [-0.05, 0) is 31.0 Å². The molecule has 1 saturated heterocycles. The minimum Gasteiger partial charge on any atom is -0.507 e. The lowest BCUT2D eigenvalue weighted by atomic mass is 9.95. The van der Waals surface area contributed by atoms with Gasteiger partial charge in [-0.25, -0.2) is 0 Å². The molecule has 1 unspecified atom stereocenters. The Bertz CT molecular complexity index is 906. The van der Waals surface area contributed by atoms with Gasteiger partial charge in [-0.2, -0.15) is 0 Å². The molecule has 3 rings (SSSR count). The van der Waals surface area contributed by atoms with Gasteiger partial charge >= 0.3 is 0 Å². The first-order chi connectivity index (χ1) is 14.1. The molecule has 0 aromatic heterocycles. The number of hydrogen-bond acceptors (Lipinski definition) is 5. The van der Waals surface area contributed by atoms with Gasteiger partial charge in [0.2, 0.25) is 0 Å². The van der Waals surface area contributed by atoms with Crippen LogP contribution in [0.4, 0.5) is 0 Å². The Balaban J connectivity index is 2.08. The van der Waals surface area contributed by atoms with Crippen molar-refractivity contribution in [3.8, 4) is 5.75 Å². The van der Waals surface area contributed by atoms with Gasteiger partial charge in [0, 0.05) is 25.8 Å². The van der Waals surface area contributed by atoms with Crippen molar-refractivity contribution in [3.05, 3.63) is 71.3 Å². The number of aliphatic hydroxyl groups is 1. The Hall–Kier alpha value is -3.12. The second kappa shape index (κ2) is 9.39. The Kier molecular flexibility index (Phi) is 6.67. The summed E-state index contributed by atoms with van der Waals surface area (Å²) in [4.78, 5) is 27.2. The summed E-state index contributed by atoms with van der Waals surface area (Å²) in [6.45, 7) is 3.18. The first-order valence-electron chi connectivity index (χ1n) is 9.64. The van der Waals surface area contributed by atoms with Crippen molar-refractivity contribution in [1.82, 2.24) is 4.90 Å². The fourth-order valence-corrected chi connectivity index (χ4v) is 3.53. The normalized spacial score (nSPS) is 18.3. The monoisotopic (exact) mass is 395 g/mol. The fourth-order valence-electron chi connectivity index (χ4n) is 3.53. The van der Waals surface area contributed by atoms with Crippen LogP contribution in [0, 0.1) is 0 Å². The Labute approximate surface area is 170 Å². The predicted molar refractivity (Wildman–Crippen MR) is 110 cm³/mol. The summed E-state index contributed by atoms with van der Waals surface area (Å²) in [6.07, 6.45) is 0.590. The van der Waals surface area contributed by atoms with Crippen LogP contribution in [0.3, 0.4) is 0 Å². The van der Waals surface area contributed by atoms with Gasteiger partial charge in [0.1, 0.15) is 11.5 Å². The standard InChI is InChI=1S/C23H25NO5/c1-3-29-18-12-7-11-17(15-18)21(25)19-20(16-9-5-4-6-10-16)24(13-8-14-28-2)23(27)22(19)26/h4-7,9-12,15,20,25H,3,8,13-14H2,1-2H3. The largest absolute Gasteiger partial charge is 0.507 e. The predicted octanol–water partition coefficient (Wildman–Crippen LogP) is 3.54. The van der Waals surface area contributed by atoms with Gasteiger partial charge in [-0.15, -0.1) is 0 Å². The first-order valence-corrected chi connectivity index (χ1v) is 9.64. The van der Waals surface area contributed by atoms with E-state index in [1.165, 1.54) is 4.90 Å². The molecule has 152 valence electrons. The van der Waals surface area contributed by atoms with E-state index in [1.807, 2.05) is 37.3 Å². The number of nitrogens with zero attached hydrogens (tertiary/aromatic N) is 1. The van der Waals surface area contributed by atoms with Gasteiger partial charge in [-0.1, -0.05) is 42.5 Å². The summed E-state index contributed by atoms with van der Waals surface area (Å²) in [6, 6.07) is 15.5. The molecular formula is C23H25NO5. The van der Waals surface area contributed by atoms with Gasteiger partial charge in [-0.3, -0.25) is 9.59 Å². The van der Waals surface area contributed by atoms with Crippen LogP contribution in [0.1, 0.15) is 30.5 Å². The van der Waals surface area contributed by atoms with Crippen molar-refractivity contribution in [2.45, 2.75) is 19.4 Å². The second-order valence-corrected chi connectivity index (χ2v) is 6.71. The number of ketones is 1. The molecule has 2 aromatic rings. The summed E-state index contributed by atoms with van der Waals surface area (Å²) in [5.74, 6) is -0.914. The molecule has 0 aliphatic carbocycles. The van der Waals surface area contributed by atoms with Crippen molar-refractivity contribution >= 4 is 17.4 Å². The molecule has 0 bridgehead atoms. The Morgan fingerprint density at radius 2 is 1.86 bits per heavy atom. The molecule has 1 aliphatic rings. The van der Waals surface area contributed by atoms with Gasteiger partial charge in [0.25, 0.3) is 11.7 Å². The van der Waals surface area contributed by atoms with Gasteiger partial charge in [0.05, 0.1) is 18.2 Å². The fraction of sp³-hybridized carbons (Fsp3) is 0.304. The summed E-state index contributed by atoms with van der Waals surface area (Å²) in [5.41, 5.74) is 1.30. The van der Waals surface area contributed by atoms with E-state index in [9.17, 15) is 14.7 Å². The zero-order valence-corrected chi connectivity index (χ0v) is 16.6.